The molecule has 1 aromatic carbocycles. The van der Waals surface area contributed by atoms with Gasteiger partial charge in [0.1, 0.15) is 23.1 Å². The molecule has 32 heavy (non-hydrogen) atoms. The van der Waals surface area contributed by atoms with E-state index in [4.69, 9.17) is 31.2 Å². The first kappa shape index (κ1) is 23.4. The molecule has 0 saturated carbocycles. The van der Waals surface area contributed by atoms with Crippen LogP contribution in [-0.2, 0) is 11.3 Å². The van der Waals surface area contributed by atoms with Crippen molar-refractivity contribution in [2.45, 2.75) is 26.9 Å². The number of amides is 2. The maximum absolute atomic E-state index is 12.7. The highest BCUT2D eigenvalue weighted by Crippen LogP contribution is 2.34. The molecule has 8 nitrogen and oxygen atoms in total. The minimum atomic E-state index is -0.699. The third kappa shape index (κ3) is 5.30. The van der Waals surface area contributed by atoms with Crippen molar-refractivity contribution in [3.05, 3.63) is 68.9 Å². The molecular formula is C22H21ClN2O6S. The third-order valence-electron chi connectivity index (χ3n) is 4.33. The van der Waals surface area contributed by atoms with Gasteiger partial charge in [-0.05, 0) is 43.2 Å². The molecule has 2 heterocycles. The van der Waals surface area contributed by atoms with Gasteiger partial charge >= 0.3 is 5.97 Å². The van der Waals surface area contributed by atoms with Crippen LogP contribution in [0.3, 0.4) is 0 Å². The summed E-state index contributed by atoms with van der Waals surface area (Å²) in [6.45, 7) is 3.71. The fourth-order valence-corrected chi connectivity index (χ4v) is 4.03. The first-order valence-corrected chi connectivity index (χ1v) is 10.9. The van der Waals surface area contributed by atoms with E-state index in [2.05, 4.69) is 5.32 Å². The van der Waals surface area contributed by atoms with E-state index in [1.807, 2.05) is 6.92 Å². The molecule has 0 aliphatic carbocycles. The predicted octanol–water partition coefficient (Wildman–Crippen LogP) is 4.80. The fourth-order valence-electron chi connectivity index (χ4n) is 2.80. The molecule has 3 rings (SSSR count). The SMILES string of the molecule is CCCOC(=O)c1c(NC(=O)c2ccc(COc3ccccc3Cl)o2)sc(C(N)=O)c1C. The molecule has 168 valence electrons. The molecule has 0 bridgehead atoms. The van der Waals surface area contributed by atoms with Gasteiger partial charge in [0.25, 0.3) is 11.8 Å². The van der Waals surface area contributed by atoms with E-state index in [1.165, 1.54) is 6.07 Å². The van der Waals surface area contributed by atoms with Crippen molar-refractivity contribution < 1.29 is 28.3 Å². The van der Waals surface area contributed by atoms with Crippen LogP contribution in [0.1, 0.15) is 55.3 Å². The Morgan fingerprint density at radius 1 is 1.19 bits per heavy atom. The second-order valence-electron chi connectivity index (χ2n) is 6.70. The molecule has 2 amide bonds. The molecule has 10 heteroatoms. The summed E-state index contributed by atoms with van der Waals surface area (Å²) in [5.41, 5.74) is 5.85. The topological polar surface area (TPSA) is 121 Å². The summed E-state index contributed by atoms with van der Waals surface area (Å²) in [6.07, 6.45) is 0.630. The van der Waals surface area contributed by atoms with Crippen LogP contribution in [0.4, 0.5) is 5.00 Å². The maximum Gasteiger partial charge on any atom is 0.341 e. The number of ether oxygens (including phenoxy) is 2. The Hall–Kier alpha value is -3.30. The number of hydrogen-bond acceptors (Lipinski definition) is 7. The average Bonchev–Trinajstić information content (AvgIpc) is 3.36. The Bertz CT molecular complexity index is 1150. The van der Waals surface area contributed by atoms with Crippen LogP contribution in [0.25, 0.3) is 0 Å². The number of thiophene rings is 1. The number of furan rings is 1. The van der Waals surface area contributed by atoms with Crippen LogP contribution in [0.2, 0.25) is 5.02 Å². The summed E-state index contributed by atoms with van der Waals surface area (Å²) < 4.78 is 16.3. The minimum Gasteiger partial charge on any atom is -0.484 e. The largest absolute Gasteiger partial charge is 0.484 e. The number of anilines is 1. The number of carbonyl (C=O) groups is 3. The lowest BCUT2D eigenvalue weighted by Crippen LogP contribution is -2.15. The Morgan fingerprint density at radius 2 is 1.94 bits per heavy atom. The first-order valence-electron chi connectivity index (χ1n) is 9.69. The van der Waals surface area contributed by atoms with Crippen LogP contribution in [0.15, 0.2) is 40.8 Å². The van der Waals surface area contributed by atoms with Crippen molar-refractivity contribution in [2.24, 2.45) is 5.73 Å². The molecule has 3 N–H and O–H groups in total. The van der Waals surface area contributed by atoms with Crippen molar-refractivity contribution in [2.75, 3.05) is 11.9 Å². The van der Waals surface area contributed by atoms with Crippen LogP contribution in [-0.4, -0.2) is 24.4 Å². The van der Waals surface area contributed by atoms with E-state index in [9.17, 15) is 14.4 Å². The lowest BCUT2D eigenvalue weighted by Gasteiger charge is -2.07. The van der Waals surface area contributed by atoms with Crippen molar-refractivity contribution in [1.82, 2.24) is 0 Å². The zero-order valence-corrected chi connectivity index (χ0v) is 19.0. The van der Waals surface area contributed by atoms with Crippen molar-refractivity contribution >= 4 is 45.7 Å². The fraction of sp³-hybridized carbons (Fsp3) is 0.227. The number of nitrogens with one attached hydrogen (secondary N) is 1. The second-order valence-corrected chi connectivity index (χ2v) is 8.13. The van der Waals surface area contributed by atoms with Gasteiger partial charge in [0.05, 0.1) is 22.1 Å². The van der Waals surface area contributed by atoms with Gasteiger partial charge in [-0.1, -0.05) is 30.7 Å². The van der Waals surface area contributed by atoms with Gasteiger partial charge in [0.2, 0.25) is 0 Å². The molecule has 0 radical (unpaired) electrons. The summed E-state index contributed by atoms with van der Waals surface area (Å²) in [5, 5.41) is 3.23. The summed E-state index contributed by atoms with van der Waals surface area (Å²) in [5.74, 6) is -1.05. The van der Waals surface area contributed by atoms with Gasteiger partial charge < -0.3 is 24.9 Å². The van der Waals surface area contributed by atoms with Crippen molar-refractivity contribution in [3.63, 3.8) is 0 Å². The number of rotatable bonds is 9. The van der Waals surface area contributed by atoms with Crippen LogP contribution >= 0.6 is 22.9 Å². The molecule has 0 aliphatic rings. The second kappa shape index (κ2) is 10.3. The van der Waals surface area contributed by atoms with E-state index in [-0.39, 0.29) is 34.4 Å². The highest BCUT2D eigenvalue weighted by Gasteiger charge is 2.26. The number of primary amides is 1. The predicted molar refractivity (Wildman–Crippen MR) is 121 cm³/mol. The normalized spacial score (nSPS) is 10.6. The Balaban J connectivity index is 1.75. The minimum absolute atomic E-state index is 0.00214. The number of benzene rings is 1. The Labute approximate surface area is 193 Å². The van der Waals surface area contributed by atoms with Gasteiger partial charge in [-0.3, -0.25) is 9.59 Å². The molecule has 0 aliphatic heterocycles. The van der Waals surface area contributed by atoms with Crippen LogP contribution in [0, 0.1) is 6.92 Å². The number of esters is 1. The lowest BCUT2D eigenvalue weighted by atomic mass is 10.1. The van der Waals surface area contributed by atoms with E-state index >= 15 is 0 Å². The number of nitrogens with two attached hydrogens (primary N) is 1. The maximum atomic E-state index is 12.7. The third-order valence-corrected chi connectivity index (χ3v) is 5.87. The lowest BCUT2D eigenvalue weighted by molar-refractivity contribution is 0.0506. The first-order chi connectivity index (χ1) is 15.3. The number of halogens is 1. The van der Waals surface area contributed by atoms with Crippen molar-refractivity contribution in [3.8, 4) is 5.75 Å². The smallest absolute Gasteiger partial charge is 0.341 e. The summed E-state index contributed by atoms with van der Waals surface area (Å²) >= 11 is 6.96. The van der Waals surface area contributed by atoms with Gasteiger partial charge in [-0.15, -0.1) is 11.3 Å². The van der Waals surface area contributed by atoms with Gasteiger partial charge in [-0.2, -0.15) is 0 Å². The molecular weight excluding hydrogens is 456 g/mol. The molecule has 0 saturated heterocycles. The van der Waals surface area contributed by atoms with E-state index in [0.717, 1.165) is 11.3 Å². The summed E-state index contributed by atoms with van der Waals surface area (Å²) in [6, 6.07) is 10.1. The summed E-state index contributed by atoms with van der Waals surface area (Å²) in [4.78, 5) is 37.1. The molecule has 0 fully saturated rings. The average molecular weight is 477 g/mol. The highest BCUT2D eigenvalue weighted by molar-refractivity contribution is 7.18. The standard InChI is InChI=1S/C22H21ClN2O6S/c1-3-10-29-22(28)17-12(2)18(19(24)26)32-21(17)25-20(27)16-9-8-13(31-16)11-30-15-7-5-4-6-14(15)23/h4-9H,3,10-11H2,1-2H3,(H2,24,26)(H,25,27). The number of hydrogen-bond donors (Lipinski definition) is 2. The highest BCUT2D eigenvalue weighted by atomic mass is 35.5. The van der Waals surface area contributed by atoms with Crippen LogP contribution < -0.4 is 15.8 Å². The van der Waals surface area contributed by atoms with Gasteiger partial charge in [0.15, 0.2) is 5.76 Å². The number of carbonyl (C=O) groups excluding carboxylic acids is 3. The molecule has 0 atom stereocenters. The molecule has 0 spiro atoms. The van der Waals surface area contributed by atoms with E-state index in [1.54, 1.807) is 37.3 Å². The van der Waals surface area contributed by atoms with Crippen molar-refractivity contribution in [1.29, 1.82) is 0 Å². The van der Waals surface area contributed by atoms with Gasteiger partial charge in [-0.25, -0.2) is 4.79 Å². The molecule has 3 aromatic rings. The van der Waals surface area contributed by atoms with E-state index < -0.39 is 17.8 Å². The zero-order chi connectivity index (χ0) is 23.3. The molecule has 2 aromatic heterocycles. The Morgan fingerprint density at radius 3 is 2.62 bits per heavy atom. The van der Waals surface area contributed by atoms with Crippen LogP contribution in [0.5, 0.6) is 5.75 Å². The van der Waals surface area contributed by atoms with E-state index in [0.29, 0.717) is 28.5 Å². The van der Waals surface area contributed by atoms with Gasteiger partial charge in [0, 0.05) is 0 Å². The number of para-hydroxylation sites is 1. The monoisotopic (exact) mass is 476 g/mol. The summed E-state index contributed by atoms with van der Waals surface area (Å²) in [7, 11) is 0. The molecule has 0 unspecified atom stereocenters. The zero-order valence-electron chi connectivity index (χ0n) is 17.4. The quantitative estimate of drug-likeness (QED) is 0.428. The Kier molecular flexibility index (Phi) is 7.55.